The fourth-order valence-corrected chi connectivity index (χ4v) is 2.72. The maximum Gasteiger partial charge on any atom is 0.0207 e. The van der Waals surface area contributed by atoms with Crippen LogP contribution in [0, 0.1) is 5.92 Å². The summed E-state index contributed by atoms with van der Waals surface area (Å²) in [5, 5.41) is 3.70. The van der Waals surface area contributed by atoms with Gasteiger partial charge < -0.3 is 5.32 Å². The van der Waals surface area contributed by atoms with Crippen LogP contribution in [0.3, 0.4) is 0 Å². The second-order valence-corrected chi connectivity index (χ2v) is 5.98. The molecule has 1 aromatic carbocycles. The van der Waals surface area contributed by atoms with Gasteiger partial charge in [0.15, 0.2) is 0 Å². The Labute approximate surface area is 113 Å². The van der Waals surface area contributed by atoms with Gasteiger partial charge in [0.2, 0.25) is 0 Å². The summed E-state index contributed by atoms with van der Waals surface area (Å²) < 4.78 is 1.25. The summed E-state index contributed by atoms with van der Waals surface area (Å²) in [7, 11) is 0. The highest BCUT2D eigenvalue weighted by molar-refractivity contribution is 9.10. The number of nitrogens with one attached hydrogen (secondary N) is 1. The maximum absolute atomic E-state index is 3.70. The summed E-state index contributed by atoms with van der Waals surface area (Å²) >= 11 is 3.65. The molecule has 0 radical (unpaired) electrons. The molecule has 1 aliphatic rings. The van der Waals surface area contributed by atoms with Crippen molar-refractivity contribution in [2.75, 3.05) is 6.54 Å². The first kappa shape index (κ1) is 13.1. The van der Waals surface area contributed by atoms with Crippen molar-refractivity contribution in [2.24, 2.45) is 5.92 Å². The van der Waals surface area contributed by atoms with Crippen LogP contribution in [0.1, 0.15) is 38.2 Å². The van der Waals surface area contributed by atoms with E-state index in [1.54, 1.807) is 0 Å². The van der Waals surface area contributed by atoms with Gasteiger partial charge in [0.1, 0.15) is 0 Å². The van der Waals surface area contributed by atoms with Gasteiger partial charge in [-0.2, -0.15) is 0 Å². The Bertz CT molecular complexity index is 347. The van der Waals surface area contributed by atoms with Crippen molar-refractivity contribution in [1.29, 1.82) is 0 Å². The molecule has 0 bridgehead atoms. The lowest BCUT2D eigenvalue weighted by Gasteiger charge is -2.19. The number of benzene rings is 1. The predicted octanol–water partition coefficient (Wildman–Crippen LogP) is 4.16. The summed E-state index contributed by atoms with van der Waals surface area (Å²) in [6.45, 7) is 3.38. The smallest absolute Gasteiger partial charge is 0.0207 e. The standard InChI is InChI=1S/C15H22BrN/c1-2-9-17-14(10-12-7-8-12)11-13-5-3-4-6-15(13)16/h3-6,12,14,17H,2,7-11H2,1H3. The molecule has 1 saturated carbocycles. The van der Waals surface area contributed by atoms with Gasteiger partial charge in [0.05, 0.1) is 0 Å². The van der Waals surface area contributed by atoms with Crippen LogP contribution in [0.25, 0.3) is 0 Å². The first-order chi connectivity index (χ1) is 8.29. The molecule has 1 nitrogen and oxygen atoms in total. The summed E-state index contributed by atoms with van der Waals surface area (Å²) in [4.78, 5) is 0. The number of hydrogen-bond donors (Lipinski definition) is 1. The largest absolute Gasteiger partial charge is 0.314 e. The van der Waals surface area contributed by atoms with Crippen LogP contribution < -0.4 is 5.32 Å². The third-order valence-corrected chi connectivity index (χ3v) is 4.20. The van der Waals surface area contributed by atoms with Crippen LogP contribution in [0.5, 0.6) is 0 Å². The van der Waals surface area contributed by atoms with Crippen LogP contribution in [0.4, 0.5) is 0 Å². The zero-order valence-electron chi connectivity index (χ0n) is 10.6. The van der Waals surface area contributed by atoms with Crippen LogP contribution in [0.2, 0.25) is 0 Å². The third-order valence-electron chi connectivity index (χ3n) is 3.42. The monoisotopic (exact) mass is 295 g/mol. The molecular weight excluding hydrogens is 274 g/mol. The molecule has 2 rings (SSSR count). The number of rotatable bonds is 7. The third kappa shape index (κ3) is 4.44. The zero-order chi connectivity index (χ0) is 12.1. The summed E-state index contributed by atoms with van der Waals surface area (Å²) in [5.41, 5.74) is 1.43. The highest BCUT2D eigenvalue weighted by Gasteiger charge is 2.25. The van der Waals surface area contributed by atoms with Crippen LogP contribution in [-0.2, 0) is 6.42 Å². The minimum absolute atomic E-state index is 0.654. The molecule has 1 fully saturated rings. The van der Waals surface area contributed by atoms with Crippen molar-refractivity contribution in [1.82, 2.24) is 5.32 Å². The molecule has 0 amide bonds. The molecule has 1 unspecified atom stereocenters. The minimum Gasteiger partial charge on any atom is -0.314 e. The van der Waals surface area contributed by atoms with Gasteiger partial charge in [-0.05, 0) is 43.4 Å². The molecule has 17 heavy (non-hydrogen) atoms. The van der Waals surface area contributed by atoms with Crippen LogP contribution in [0.15, 0.2) is 28.7 Å². The van der Waals surface area contributed by atoms with Crippen molar-refractivity contribution >= 4 is 15.9 Å². The highest BCUT2D eigenvalue weighted by Crippen LogP contribution is 2.34. The Hall–Kier alpha value is -0.340. The molecule has 1 aromatic rings. The summed E-state index contributed by atoms with van der Waals surface area (Å²) in [6, 6.07) is 9.25. The first-order valence-electron chi connectivity index (χ1n) is 6.76. The fraction of sp³-hybridized carbons (Fsp3) is 0.600. The van der Waals surface area contributed by atoms with Gasteiger partial charge in [-0.25, -0.2) is 0 Å². The van der Waals surface area contributed by atoms with Crippen molar-refractivity contribution < 1.29 is 0 Å². The number of halogens is 1. The van der Waals surface area contributed by atoms with Gasteiger partial charge in [0, 0.05) is 10.5 Å². The van der Waals surface area contributed by atoms with E-state index in [0.717, 1.165) is 18.9 Å². The average molecular weight is 296 g/mol. The lowest BCUT2D eigenvalue weighted by Crippen LogP contribution is -2.32. The molecule has 1 N–H and O–H groups in total. The average Bonchev–Trinajstić information content (AvgIpc) is 3.13. The zero-order valence-corrected chi connectivity index (χ0v) is 12.2. The molecule has 0 saturated heterocycles. The molecule has 2 heteroatoms. The van der Waals surface area contributed by atoms with Crippen molar-refractivity contribution in [3.63, 3.8) is 0 Å². The first-order valence-corrected chi connectivity index (χ1v) is 7.55. The van der Waals surface area contributed by atoms with Gasteiger partial charge in [0.25, 0.3) is 0 Å². The van der Waals surface area contributed by atoms with Crippen molar-refractivity contribution in [3.8, 4) is 0 Å². The van der Waals surface area contributed by atoms with Crippen LogP contribution >= 0.6 is 15.9 Å². The molecule has 0 heterocycles. The summed E-state index contributed by atoms with van der Waals surface area (Å²) in [5.74, 6) is 0.992. The highest BCUT2D eigenvalue weighted by atomic mass is 79.9. The molecule has 1 aliphatic carbocycles. The number of hydrogen-bond acceptors (Lipinski definition) is 1. The van der Waals surface area contributed by atoms with Gasteiger partial charge in [-0.3, -0.25) is 0 Å². The molecular formula is C15H22BrN. The van der Waals surface area contributed by atoms with Crippen LogP contribution in [-0.4, -0.2) is 12.6 Å². The molecule has 1 atom stereocenters. The SMILES string of the molecule is CCCNC(Cc1ccccc1Br)CC1CC1. The molecule has 0 aliphatic heterocycles. The molecule has 0 aromatic heterocycles. The minimum atomic E-state index is 0.654. The van der Waals surface area contributed by atoms with Gasteiger partial charge >= 0.3 is 0 Å². The molecule has 94 valence electrons. The normalized spacial score (nSPS) is 17.1. The van der Waals surface area contributed by atoms with Gasteiger partial charge in [-0.1, -0.05) is 53.9 Å². The second kappa shape index (κ2) is 6.55. The Morgan fingerprint density at radius 2 is 2.12 bits per heavy atom. The molecule has 0 spiro atoms. The Morgan fingerprint density at radius 1 is 1.35 bits per heavy atom. The van der Waals surface area contributed by atoms with E-state index in [9.17, 15) is 0 Å². The topological polar surface area (TPSA) is 12.0 Å². The predicted molar refractivity (Wildman–Crippen MR) is 77.3 cm³/mol. The second-order valence-electron chi connectivity index (χ2n) is 5.13. The Kier molecular flexibility index (Phi) is 5.05. The van der Waals surface area contributed by atoms with E-state index < -0.39 is 0 Å². The van der Waals surface area contributed by atoms with Crippen molar-refractivity contribution in [2.45, 2.75) is 45.1 Å². The van der Waals surface area contributed by atoms with Gasteiger partial charge in [-0.15, -0.1) is 0 Å². The van der Waals surface area contributed by atoms with E-state index in [2.05, 4.69) is 52.4 Å². The van der Waals surface area contributed by atoms with E-state index >= 15 is 0 Å². The summed E-state index contributed by atoms with van der Waals surface area (Å²) in [6.07, 6.45) is 6.61. The quantitative estimate of drug-likeness (QED) is 0.796. The lowest BCUT2D eigenvalue weighted by molar-refractivity contribution is 0.454. The van der Waals surface area contributed by atoms with E-state index in [0.29, 0.717) is 6.04 Å². The van der Waals surface area contributed by atoms with E-state index in [-0.39, 0.29) is 0 Å². The lowest BCUT2D eigenvalue weighted by atomic mass is 10.0. The maximum atomic E-state index is 3.70. The van der Waals surface area contributed by atoms with E-state index in [4.69, 9.17) is 0 Å². The van der Waals surface area contributed by atoms with Crippen molar-refractivity contribution in [3.05, 3.63) is 34.3 Å². The fourth-order valence-electron chi connectivity index (χ4n) is 2.27. The van der Waals surface area contributed by atoms with E-state index in [1.165, 1.54) is 35.7 Å². The Morgan fingerprint density at radius 3 is 2.76 bits per heavy atom. The Balaban J connectivity index is 1.92. The van der Waals surface area contributed by atoms with E-state index in [1.807, 2.05) is 0 Å².